The molecule has 11 nitrogen and oxygen atoms in total. The molecular weight excluding hydrogens is 641 g/mol. The fourth-order valence-corrected chi connectivity index (χ4v) is 7.52. The molecule has 2 atom stereocenters. The zero-order valence-electron chi connectivity index (χ0n) is 26.4. The first kappa shape index (κ1) is 37.0. The second kappa shape index (κ2) is 16.1. The molecule has 0 spiro atoms. The van der Waals surface area contributed by atoms with Crippen LogP contribution in [0.5, 0.6) is 11.5 Å². The number of aryl methyl sites for hydroxylation is 1. The Morgan fingerprint density at radius 1 is 0.980 bits per heavy atom. The van der Waals surface area contributed by atoms with E-state index in [1.165, 1.54) is 10.5 Å². The third kappa shape index (κ3) is 8.26. The van der Waals surface area contributed by atoms with Crippen molar-refractivity contribution in [2.24, 2.45) is 7.05 Å². The van der Waals surface area contributed by atoms with Crippen molar-refractivity contribution in [3.05, 3.63) is 114 Å². The van der Waals surface area contributed by atoms with Crippen LogP contribution in [0.1, 0.15) is 93.0 Å². The number of rotatable bonds is 15. The number of ether oxygens (including phenoxy) is 1. The third-order valence-electron chi connectivity index (χ3n) is 8.39. The van der Waals surface area contributed by atoms with Crippen molar-refractivity contribution in [1.29, 1.82) is 0 Å². The normalized spacial score (nSPS) is 15.3. The van der Waals surface area contributed by atoms with Crippen LogP contribution in [0.2, 0.25) is 0 Å². The van der Waals surface area contributed by atoms with Crippen LogP contribution in [0.4, 0.5) is 0 Å². The molecule has 6 rings (SSSR count). The number of carboxylic acid groups (broad SMARTS) is 1. The van der Waals surface area contributed by atoms with E-state index in [2.05, 4.69) is 22.3 Å². The van der Waals surface area contributed by atoms with Crippen LogP contribution in [0.25, 0.3) is 5.69 Å². The molecule has 1 aliphatic rings. The van der Waals surface area contributed by atoms with Gasteiger partial charge in [0.05, 0.1) is 23.3 Å². The molecule has 12 heteroatoms. The minimum Gasteiger partial charge on any atom is -0.478 e. The Kier molecular flexibility index (Phi) is 12.1. The van der Waals surface area contributed by atoms with E-state index in [0.717, 1.165) is 36.9 Å². The summed E-state index contributed by atoms with van der Waals surface area (Å²) in [6.45, 7) is 2.58. The van der Waals surface area contributed by atoms with Crippen LogP contribution in [0.15, 0.2) is 96.2 Å². The van der Waals surface area contributed by atoms with E-state index in [1.807, 2.05) is 48.7 Å². The van der Waals surface area contributed by atoms with Gasteiger partial charge in [-0.1, -0.05) is 88.7 Å². The Labute approximate surface area is 289 Å². The van der Waals surface area contributed by atoms with Crippen molar-refractivity contribution in [3.63, 3.8) is 0 Å². The Morgan fingerprint density at radius 2 is 1.73 bits per heavy atom. The van der Waals surface area contributed by atoms with Crippen molar-refractivity contribution >= 4 is 16.0 Å². The molecule has 0 bridgehead atoms. The average Bonchev–Trinajstić information content (AvgIpc) is 3.51. The molecule has 260 valence electrons. The van der Waals surface area contributed by atoms with E-state index < -0.39 is 16.0 Å². The molecule has 0 radical (unpaired) electrons. The molecule has 0 aliphatic heterocycles. The van der Waals surface area contributed by atoms with Gasteiger partial charge >= 0.3 is 5.97 Å². The summed E-state index contributed by atoms with van der Waals surface area (Å²) >= 11 is 0. The second-order valence-electron chi connectivity index (χ2n) is 11.9. The van der Waals surface area contributed by atoms with Crippen molar-refractivity contribution in [2.75, 3.05) is 6.54 Å². The Hall–Kier alpha value is -4.81. The molecule has 2 heterocycles. The fourth-order valence-electron chi connectivity index (χ4n) is 5.94. The number of aromatic carboxylic acids is 1. The first-order valence-corrected chi connectivity index (χ1v) is 17.3. The smallest absolute Gasteiger partial charge is 0.339 e. The molecule has 1 saturated carbocycles. The largest absolute Gasteiger partial charge is 0.478 e. The fraction of sp³-hybridized carbons (Fsp3) is 0.351. The number of carbonyl (C=O) groups is 1. The number of carboxylic acids is 1. The predicted molar refractivity (Wildman–Crippen MR) is 190 cm³/mol. The number of benzene rings is 3. The summed E-state index contributed by atoms with van der Waals surface area (Å²) < 4.78 is 39.5. The van der Waals surface area contributed by atoms with E-state index in [4.69, 9.17) is 4.74 Å². The summed E-state index contributed by atoms with van der Waals surface area (Å²) in [5, 5.41) is 22.8. The van der Waals surface area contributed by atoms with Crippen molar-refractivity contribution in [1.82, 2.24) is 29.1 Å². The molecule has 2 aromatic heterocycles. The van der Waals surface area contributed by atoms with Gasteiger partial charge < -0.3 is 9.84 Å². The topological polar surface area (TPSA) is 132 Å². The van der Waals surface area contributed by atoms with E-state index >= 15 is 0 Å². The number of nitrogens with zero attached hydrogens (tertiary/aromatic N) is 6. The molecule has 0 saturated heterocycles. The standard InChI is InChI=1S/C35H38N6O5S.2CH4/c1-3-4-5-11-19-40(47(44,45)33-18-10-9-17-32(33)46-27-15-7-6-8-16-27)23-25-13-12-14-26(20-25)41-34(30(22-36-41)35(42)43)29-21-28(29)31-24-39(2)38-37-31;;/h6-10,12-18,20,22,24,28-29H,3-5,11,19,21,23H2,1-2H3,(H,42,43);2*1H4/t28-,29-;;/m1../s1. The van der Waals surface area contributed by atoms with Gasteiger partial charge in [0.25, 0.3) is 0 Å². The van der Waals surface area contributed by atoms with Gasteiger partial charge in [-0.2, -0.15) is 9.40 Å². The molecule has 49 heavy (non-hydrogen) atoms. The quantitative estimate of drug-likeness (QED) is 0.110. The lowest BCUT2D eigenvalue weighted by Crippen LogP contribution is -2.32. The van der Waals surface area contributed by atoms with Crippen LogP contribution in [0.3, 0.4) is 0 Å². The Bertz CT molecular complexity index is 1960. The monoisotopic (exact) mass is 686 g/mol. The van der Waals surface area contributed by atoms with Gasteiger partial charge in [-0.3, -0.25) is 4.68 Å². The van der Waals surface area contributed by atoms with Crippen LogP contribution < -0.4 is 4.74 Å². The van der Waals surface area contributed by atoms with Crippen molar-refractivity contribution < 1.29 is 23.1 Å². The first-order valence-electron chi connectivity index (χ1n) is 15.8. The summed E-state index contributed by atoms with van der Waals surface area (Å²) in [7, 11) is -2.18. The maximum Gasteiger partial charge on any atom is 0.339 e. The highest BCUT2D eigenvalue weighted by Crippen LogP contribution is 2.55. The molecule has 0 amide bonds. The number of para-hydroxylation sites is 2. The lowest BCUT2D eigenvalue weighted by molar-refractivity contribution is 0.0695. The summed E-state index contributed by atoms with van der Waals surface area (Å²) in [5.74, 6) is -0.281. The van der Waals surface area contributed by atoms with Gasteiger partial charge in [0.1, 0.15) is 22.0 Å². The van der Waals surface area contributed by atoms with Gasteiger partial charge in [-0.15, -0.1) is 5.10 Å². The zero-order valence-corrected chi connectivity index (χ0v) is 27.3. The lowest BCUT2D eigenvalue weighted by atomic mass is 10.1. The molecule has 5 aromatic rings. The summed E-state index contributed by atoms with van der Waals surface area (Å²) in [5.41, 5.74) is 2.97. The highest BCUT2D eigenvalue weighted by atomic mass is 32.2. The molecule has 1 aliphatic carbocycles. The van der Waals surface area contributed by atoms with E-state index in [1.54, 1.807) is 52.8 Å². The maximum absolute atomic E-state index is 14.3. The van der Waals surface area contributed by atoms with Crippen molar-refractivity contribution in [3.8, 4) is 17.2 Å². The number of unbranched alkanes of at least 4 members (excludes halogenated alkanes) is 3. The van der Waals surface area contributed by atoms with Gasteiger partial charge in [-0.05, 0) is 54.8 Å². The van der Waals surface area contributed by atoms with E-state index in [9.17, 15) is 18.3 Å². The van der Waals surface area contributed by atoms with Gasteiger partial charge in [0, 0.05) is 38.2 Å². The minimum atomic E-state index is -3.98. The zero-order chi connectivity index (χ0) is 33.0. The van der Waals surface area contributed by atoms with Crippen LogP contribution in [-0.2, 0) is 23.6 Å². The van der Waals surface area contributed by atoms with Gasteiger partial charge in [0.2, 0.25) is 10.0 Å². The molecule has 3 aromatic carbocycles. The molecule has 0 unspecified atom stereocenters. The number of aromatic nitrogens is 5. The minimum absolute atomic E-state index is 0. The lowest BCUT2D eigenvalue weighted by Gasteiger charge is -2.24. The summed E-state index contributed by atoms with van der Waals surface area (Å²) in [6, 6.07) is 23.3. The summed E-state index contributed by atoms with van der Waals surface area (Å²) in [4.78, 5) is 12.3. The number of sulfonamides is 1. The number of hydrogen-bond donors (Lipinski definition) is 1. The van der Waals surface area contributed by atoms with Crippen LogP contribution in [0, 0.1) is 0 Å². The molecular formula is C37H46N6O5S. The Morgan fingerprint density at radius 3 is 2.45 bits per heavy atom. The van der Waals surface area contributed by atoms with Crippen molar-refractivity contribution in [2.45, 2.75) is 77.2 Å². The highest BCUT2D eigenvalue weighted by Gasteiger charge is 2.46. The van der Waals surface area contributed by atoms with Crippen LogP contribution >= 0.6 is 0 Å². The molecule has 1 fully saturated rings. The first-order chi connectivity index (χ1) is 22.8. The SMILES string of the molecule is C.C.CCCCCCN(Cc1cccc(-n2ncc(C(=O)O)c2[C@@H]2C[C@H]2c2cn(C)nn2)c1)S(=O)(=O)c1ccccc1Oc1ccccc1. The Balaban J connectivity index is 0.00000270. The highest BCUT2D eigenvalue weighted by molar-refractivity contribution is 7.89. The number of hydrogen-bond acceptors (Lipinski definition) is 7. The second-order valence-corrected chi connectivity index (χ2v) is 13.8. The van der Waals surface area contributed by atoms with E-state index in [-0.39, 0.29) is 49.4 Å². The third-order valence-corrected chi connectivity index (χ3v) is 10.3. The maximum atomic E-state index is 14.3. The van der Waals surface area contributed by atoms with Crippen LogP contribution in [-0.4, -0.2) is 55.1 Å². The van der Waals surface area contributed by atoms with Gasteiger partial charge in [0.15, 0.2) is 0 Å². The van der Waals surface area contributed by atoms with E-state index in [0.29, 0.717) is 30.1 Å². The predicted octanol–water partition coefficient (Wildman–Crippen LogP) is 7.81. The summed E-state index contributed by atoms with van der Waals surface area (Å²) in [6.07, 6.45) is 7.64. The van der Waals surface area contributed by atoms with Gasteiger partial charge in [-0.25, -0.2) is 17.9 Å². The average molecular weight is 687 g/mol. The molecule has 1 N–H and O–H groups in total.